The maximum absolute atomic E-state index is 2.51. The minimum atomic E-state index is -0.719. The maximum Gasteiger partial charge on any atom is -1.00 e. The molecule has 2 aliphatic rings. The fourth-order valence-corrected chi connectivity index (χ4v) is 10.4. The molecule has 1 atom stereocenters. The second kappa shape index (κ2) is 9.66. The van der Waals surface area contributed by atoms with Gasteiger partial charge in [-0.25, -0.2) is 0 Å². The zero-order valence-electron chi connectivity index (χ0n) is 16.8. The number of rotatable bonds is 5. The van der Waals surface area contributed by atoms with Gasteiger partial charge < -0.3 is 34.0 Å². The maximum atomic E-state index is 2.51. The molecule has 1 unspecified atom stereocenters. The van der Waals surface area contributed by atoms with E-state index in [9.17, 15) is 0 Å². The largest absolute Gasteiger partial charge is 1.00 e. The Labute approximate surface area is 192 Å². The molecule has 0 aliphatic heterocycles. The Hall–Kier alpha value is 0.283. The van der Waals surface area contributed by atoms with Gasteiger partial charge in [0.15, 0.2) is 0 Å². The van der Waals surface area contributed by atoms with Crippen molar-refractivity contribution in [1.82, 2.24) is 0 Å². The van der Waals surface area contributed by atoms with E-state index in [4.69, 9.17) is 0 Å². The molecule has 0 nitrogen and oxygen atoms in total. The Morgan fingerprint density at radius 2 is 1.50 bits per heavy atom. The van der Waals surface area contributed by atoms with Gasteiger partial charge in [-0.1, -0.05) is 0 Å². The molecule has 0 radical (unpaired) electrons. The van der Waals surface area contributed by atoms with E-state index in [1.54, 1.807) is 33.4 Å². The molecular formula is C23H30Br2Zr. The van der Waals surface area contributed by atoms with Crippen molar-refractivity contribution in [1.29, 1.82) is 0 Å². The van der Waals surface area contributed by atoms with Crippen LogP contribution in [0.3, 0.4) is 0 Å². The third-order valence-electron chi connectivity index (χ3n) is 6.45. The molecule has 0 fully saturated rings. The summed E-state index contributed by atoms with van der Waals surface area (Å²) >= 11 is -0.719. The number of hydrogen-bond acceptors (Lipinski definition) is 0. The Kier molecular flexibility index (Phi) is 9.04. The van der Waals surface area contributed by atoms with Crippen molar-refractivity contribution in [3.63, 3.8) is 0 Å². The summed E-state index contributed by atoms with van der Waals surface area (Å²) < 4.78 is 1.18. The molecule has 0 N–H and O–H groups in total. The number of hydrogen-bond donors (Lipinski definition) is 0. The smallest absolute Gasteiger partial charge is 1.00 e. The summed E-state index contributed by atoms with van der Waals surface area (Å²) in [7, 11) is 0. The minimum absolute atomic E-state index is 0. The molecule has 0 saturated carbocycles. The van der Waals surface area contributed by atoms with E-state index >= 15 is 0 Å². The first-order chi connectivity index (χ1) is 11.5. The number of fused-ring (bicyclic) bond motifs is 1. The molecule has 0 bridgehead atoms. The van der Waals surface area contributed by atoms with Crippen molar-refractivity contribution < 1.29 is 57.2 Å². The van der Waals surface area contributed by atoms with E-state index in [0.717, 1.165) is 3.63 Å². The van der Waals surface area contributed by atoms with Gasteiger partial charge in [0.25, 0.3) is 0 Å². The monoisotopic (exact) mass is 554 g/mol. The van der Waals surface area contributed by atoms with Gasteiger partial charge in [0.05, 0.1) is 0 Å². The van der Waals surface area contributed by atoms with Crippen molar-refractivity contribution in [3.8, 4) is 0 Å². The van der Waals surface area contributed by atoms with Crippen LogP contribution in [0.25, 0.3) is 6.08 Å². The van der Waals surface area contributed by atoms with Crippen molar-refractivity contribution >= 4 is 6.08 Å². The number of halogens is 2. The first-order valence-electron chi connectivity index (χ1n) is 9.39. The van der Waals surface area contributed by atoms with E-state index in [1.807, 2.05) is 0 Å². The van der Waals surface area contributed by atoms with Gasteiger partial charge in [-0.15, -0.1) is 0 Å². The van der Waals surface area contributed by atoms with Gasteiger partial charge in [-0.3, -0.25) is 0 Å². The number of benzene rings is 1. The molecule has 0 saturated heterocycles. The van der Waals surface area contributed by atoms with Crippen LogP contribution in [0.15, 0.2) is 52.1 Å². The Bertz CT molecular complexity index is 731. The predicted octanol–water partition coefficient (Wildman–Crippen LogP) is 1.27. The van der Waals surface area contributed by atoms with Gasteiger partial charge in [-0.2, -0.15) is 0 Å². The molecule has 0 aromatic heterocycles. The Balaban J connectivity index is 0.00000169. The summed E-state index contributed by atoms with van der Waals surface area (Å²) in [6.45, 7) is 14.3. The second-order valence-corrected chi connectivity index (χ2v) is 11.7. The van der Waals surface area contributed by atoms with Crippen LogP contribution in [-0.4, -0.2) is 0 Å². The van der Waals surface area contributed by atoms with E-state index in [1.165, 1.54) is 24.8 Å². The van der Waals surface area contributed by atoms with Crippen molar-refractivity contribution in [2.24, 2.45) is 0 Å². The SMILES string of the molecule is CCCC1=Cc2ccccc2[CH]1[Zr+2][C]1(CC)C(C)=C(C)C(C)=C1C.[Br-].[Br-]. The van der Waals surface area contributed by atoms with Gasteiger partial charge in [0.1, 0.15) is 0 Å². The van der Waals surface area contributed by atoms with Crippen molar-refractivity contribution in [2.75, 3.05) is 0 Å². The fraction of sp³-hybridized carbons (Fsp3) is 0.478. The van der Waals surface area contributed by atoms with Crippen LogP contribution in [0.1, 0.15) is 75.6 Å². The molecule has 26 heavy (non-hydrogen) atoms. The standard InChI is InChI=1S/C12H13.C11H17.2BrH.Zr/c1-2-5-10-8-11-6-3-4-7-12(11)9-10;1-6-11-9(4)7(2)8(3)10(11)5;;;/h3-4,6-9H,2,5H2,1H3;6H2,1-5H3;2*1H;/q;;;;+2/p-2. The zero-order chi connectivity index (χ0) is 17.5. The van der Waals surface area contributed by atoms with Crippen LogP contribution >= 0.6 is 0 Å². The number of allylic oxidation sites excluding steroid dienone is 5. The Morgan fingerprint density at radius 3 is 2.04 bits per heavy atom. The molecule has 140 valence electrons. The van der Waals surface area contributed by atoms with Gasteiger partial charge in [0.2, 0.25) is 0 Å². The van der Waals surface area contributed by atoms with Gasteiger partial charge in [0, 0.05) is 0 Å². The molecule has 0 amide bonds. The molecule has 0 spiro atoms. The fourth-order valence-electron chi connectivity index (χ4n) is 4.64. The summed E-state index contributed by atoms with van der Waals surface area (Å²) in [5.41, 5.74) is 11.4. The predicted molar refractivity (Wildman–Crippen MR) is 102 cm³/mol. The van der Waals surface area contributed by atoms with E-state index in [2.05, 4.69) is 71.9 Å². The minimum Gasteiger partial charge on any atom is -1.00 e. The molecule has 3 heteroatoms. The third kappa shape index (κ3) is 3.88. The first-order valence-corrected chi connectivity index (χ1v) is 12.0. The molecular weight excluding hydrogens is 527 g/mol. The van der Waals surface area contributed by atoms with Crippen LogP contribution in [0.2, 0.25) is 3.12 Å². The summed E-state index contributed by atoms with van der Waals surface area (Å²) in [5, 5.41) is 0. The van der Waals surface area contributed by atoms with Crippen LogP contribution in [0.4, 0.5) is 0 Å². The second-order valence-electron chi connectivity index (χ2n) is 7.43. The van der Waals surface area contributed by atoms with Crippen LogP contribution in [0.5, 0.6) is 0 Å². The summed E-state index contributed by atoms with van der Waals surface area (Å²) in [6, 6.07) is 9.15. The average Bonchev–Trinajstić information content (AvgIpc) is 3.01. The Morgan fingerprint density at radius 1 is 0.923 bits per heavy atom. The molecule has 0 heterocycles. The van der Waals surface area contributed by atoms with Crippen molar-refractivity contribution in [2.45, 2.75) is 67.6 Å². The molecule has 1 aromatic rings. The van der Waals surface area contributed by atoms with Crippen LogP contribution < -0.4 is 34.0 Å². The molecule has 3 rings (SSSR count). The summed E-state index contributed by atoms with van der Waals surface area (Å²) in [6.07, 6.45) is 6.32. The van der Waals surface area contributed by atoms with Gasteiger partial charge in [-0.05, 0) is 0 Å². The third-order valence-corrected chi connectivity index (χ3v) is 12.8. The quantitative estimate of drug-likeness (QED) is 0.512. The first kappa shape index (κ1) is 24.3. The zero-order valence-corrected chi connectivity index (χ0v) is 22.5. The van der Waals surface area contributed by atoms with Crippen LogP contribution in [0, 0.1) is 0 Å². The average molecular weight is 558 g/mol. The summed E-state index contributed by atoms with van der Waals surface area (Å²) in [5.74, 6) is 0. The van der Waals surface area contributed by atoms with E-state index in [-0.39, 0.29) is 34.0 Å². The molecule has 1 aromatic carbocycles. The van der Waals surface area contributed by atoms with Gasteiger partial charge >= 0.3 is 160 Å². The summed E-state index contributed by atoms with van der Waals surface area (Å²) in [4.78, 5) is 0. The van der Waals surface area contributed by atoms with Crippen molar-refractivity contribution in [3.05, 3.63) is 63.3 Å². The van der Waals surface area contributed by atoms with E-state index in [0.29, 0.717) is 3.12 Å². The molecule has 2 aliphatic carbocycles. The van der Waals surface area contributed by atoms with E-state index < -0.39 is 23.2 Å². The van der Waals surface area contributed by atoms with Crippen LogP contribution in [-0.2, 0) is 23.2 Å². The normalized spacial score (nSPS) is 20.2. The topological polar surface area (TPSA) is 0 Å².